The van der Waals surface area contributed by atoms with Crippen molar-refractivity contribution in [1.29, 1.82) is 0 Å². The maximum Gasteiger partial charge on any atom is 0.335 e. The maximum absolute atomic E-state index is 10.9. The standard InChI is InChI=1S/C15H14N2O3/c1-2-7-17(9-10-3-4-10)15-16-12-6-5-11(14(18)19)8-13(12)20-15/h1,5-6,8,10H,3-4,7,9H2,(H,18,19). The molecule has 0 bridgehead atoms. The summed E-state index contributed by atoms with van der Waals surface area (Å²) < 4.78 is 5.66. The predicted molar refractivity (Wildman–Crippen MR) is 74.7 cm³/mol. The van der Waals surface area contributed by atoms with Crippen LogP contribution in [0.25, 0.3) is 11.1 Å². The number of benzene rings is 1. The van der Waals surface area contributed by atoms with Crippen molar-refractivity contribution in [3.8, 4) is 12.3 Å². The minimum Gasteiger partial charge on any atom is -0.478 e. The van der Waals surface area contributed by atoms with Gasteiger partial charge < -0.3 is 14.4 Å². The van der Waals surface area contributed by atoms with Gasteiger partial charge in [-0.05, 0) is 37.0 Å². The van der Waals surface area contributed by atoms with Crippen molar-refractivity contribution in [1.82, 2.24) is 4.98 Å². The highest BCUT2D eigenvalue weighted by Gasteiger charge is 2.26. The van der Waals surface area contributed by atoms with Crippen LogP contribution in [0.4, 0.5) is 6.01 Å². The van der Waals surface area contributed by atoms with E-state index in [0.717, 1.165) is 6.54 Å². The Morgan fingerprint density at radius 3 is 3.00 bits per heavy atom. The molecule has 3 rings (SSSR count). The number of nitrogens with zero attached hydrogens (tertiary/aromatic N) is 2. The fourth-order valence-electron chi connectivity index (χ4n) is 2.11. The molecule has 0 saturated heterocycles. The molecule has 102 valence electrons. The summed E-state index contributed by atoms with van der Waals surface area (Å²) >= 11 is 0. The molecule has 1 heterocycles. The van der Waals surface area contributed by atoms with Gasteiger partial charge in [0.1, 0.15) is 5.52 Å². The van der Waals surface area contributed by atoms with Crippen LogP contribution in [0.1, 0.15) is 23.2 Å². The molecular formula is C15H14N2O3. The molecule has 1 N–H and O–H groups in total. The van der Waals surface area contributed by atoms with Crippen molar-refractivity contribution < 1.29 is 14.3 Å². The van der Waals surface area contributed by atoms with Crippen LogP contribution in [0.2, 0.25) is 0 Å². The van der Waals surface area contributed by atoms with Crippen molar-refractivity contribution in [2.45, 2.75) is 12.8 Å². The molecule has 1 aromatic heterocycles. The van der Waals surface area contributed by atoms with Gasteiger partial charge in [0.2, 0.25) is 0 Å². The highest BCUT2D eigenvalue weighted by atomic mass is 16.4. The van der Waals surface area contributed by atoms with E-state index in [1.165, 1.54) is 25.0 Å². The van der Waals surface area contributed by atoms with Crippen LogP contribution in [-0.2, 0) is 0 Å². The third-order valence-corrected chi connectivity index (χ3v) is 3.35. The summed E-state index contributed by atoms with van der Waals surface area (Å²) in [5, 5.41) is 8.97. The molecule has 1 aliphatic carbocycles. The molecule has 0 radical (unpaired) electrons. The lowest BCUT2D eigenvalue weighted by atomic mass is 10.2. The van der Waals surface area contributed by atoms with E-state index < -0.39 is 5.97 Å². The van der Waals surface area contributed by atoms with Gasteiger partial charge in [0.15, 0.2) is 5.58 Å². The van der Waals surface area contributed by atoms with Gasteiger partial charge in [0.05, 0.1) is 12.1 Å². The lowest BCUT2D eigenvalue weighted by Crippen LogP contribution is -2.26. The molecule has 20 heavy (non-hydrogen) atoms. The van der Waals surface area contributed by atoms with Crippen LogP contribution >= 0.6 is 0 Å². The number of rotatable bonds is 5. The Bertz CT molecular complexity index is 695. The van der Waals surface area contributed by atoms with Crippen LogP contribution < -0.4 is 4.90 Å². The normalized spacial score (nSPS) is 14.2. The predicted octanol–water partition coefficient (Wildman–Crippen LogP) is 2.38. The summed E-state index contributed by atoms with van der Waals surface area (Å²) in [6.07, 6.45) is 7.81. The van der Waals surface area contributed by atoms with E-state index in [0.29, 0.717) is 29.6 Å². The number of carboxylic acid groups (broad SMARTS) is 1. The first kappa shape index (κ1) is 12.5. The van der Waals surface area contributed by atoms with Gasteiger partial charge in [0.25, 0.3) is 6.01 Å². The van der Waals surface area contributed by atoms with Gasteiger partial charge in [-0.1, -0.05) is 5.92 Å². The fourth-order valence-corrected chi connectivity index (χ4v) is 2.11. The lowest BCUT2D eigenvalue weighted by molar-refractivity contribution is 0.0697. The van der Waals surface area contributed by atoms with Crippen molar-refractivity contribution in [2.24, 2.45) is 5.92 Å². The van der Waals surface area contributed by atoms with Crippen LogP contribution in [0.5, 0.6) is 0 Å². The molecule has 0 atom stereocenters. The van der Waals surface area contributed by atoms with Crippen molar-refractivity contribution in [2.75, 3.05) is 18.0 Å². The van der Waals surface area contributed by atoms with Gasteiger partial charge in [-0.2, -0.15) is 4.98 Å². The number of fused-ring (bicyclic) bond motifs is 1. The summed E-state index contributed by atoms with van der Waals surface area (Å²) in [5.74, 6) is 2.28. The maximum atomic E-state index is 10.9. The number of terminal acetylenes is 1. The van der Waals surface area contributed by atoms with Crippen molar-refractivity contribution in [3.05, 3.63) is 23.8 Å². The molecule has 0 unspecified atom stereocenters. The fraction of sp³-hybridized carbons (Fsp3) is 0.333. The van der Waals surface area contributed by atoms with Crippen LogP contribution in [0.3, 0.4) is 0 Å². The van der Waals surface area contributed by atoms with Gasteiger partial charge in [-0.25, -0.2) is 4.79 Å². The Labute approximate surface area is 116 Å². The summed E-state index contributed by atoms with van der Waals surface area (Å²) in [5.41, 5.74) is 1.30. The zero-order valence-corrected chi connectivity index (χ0v) is 10.9. The minimum absolute atomic E-state index is 0.186. The molecule has 1 fully saturated rings. The van der Waals surface area contributed by atoms with Gasteiger partial charge in [0, 0.05) is 6.54 Å². The number of hydrogen-bond acceptors (Lipinski definition) is 4. The molecule has 0 aliphatic heterocycles. The smallest absolute Gasteiger partial charge is 0.335 e. The molecule has 1 aromatic carbocycles. The molecule has 5 nitrogen and oxygen atoms in total. The summed E-state index contributed by atoms with van der Waals surface area (Å²) in [4.78, 5) is 17.3. The number of aromatic nitrogens is 1. The highest BCUT2D eigenvalue weighted by Crippen LogP contribution is 2.32. The second kappa shape index (κ2) is 4.89. The van der Waals surface area contributed by atoms with Gasteiger partial charge in [-0.3, -0.25) is 0 Å². The third-order valence-electron chi connectivity index (χ3n) is 3.35. The van der Waals surface area contributed by atoms with E-state index in [2.05, 4.69) is 10.9 Å². The average molecular weight is 270 g/mol. The molecule has 0 amide bonds. The van der Waals surface area contributed by atoms with E-state index in [1.54, 1.807) is 6.07 Å². The Hall–Kier alpha value is -2.48. The molecule has 2 aromatic rings. The topological polar surface area (TPSA) is 66.6 Å². The number of carboxylic acids is 1. The van der Waals surface area contributed by atoms with Crippen LogP contribution in [0.15, 0.2) is 22.6 Å². The summed E-state index contributed by atoms with van der Waals surface area (Å²) in [7, 11) is 0. The Morgan fingerprint density at radius 2 is 2.35 bits per heavy atom. The Morgan fingerprint density at radius 1 is 1.55 bits per heavy atom. The Kier molecular flexibility index (Phi) is 3.07. The molecule has 1 saturated carbocycles. The van der Waals surface area contributed by atoms with E-state index in [1.807, 2.05) is 4.90 Å². The first-order valence-electron chi connectivity index (χ1n) is 6.49. The van der Waals surface area contributed by atoms with Crippen LogP contribution in [0, 0.1) is 18.3 Å². The largest absolute Gasteiger partial charge is 0.478 e. The molecule has 1 aliphatic rings. The van der Waals surface area contributed by atoms with E-state index in [9.17, 15) is 4.79 Å². The van der Waals surface area contributed by atoms with E-state index >= 15 is 0 Å². The minimum atomic E-state index is -0.983. The number of oxazole rings is 1. The third kappa shape index (κ3) is 2.45. The summed E-state index contributed by atoms with van der Waals surface area (Å²) in [6, 6.07) is 5.12. The molecule has 0 spiro atoms. The van der Waals surface area contributed by atoms with Gasteiger partial charge >= 0.3 is 5.97 Å². The highest BCUT2D eigenvalue weighted by molar-refractivity contribution is 5.92. The van der Waals surface area contributed by atoms with E-state index in [4.69, 9.17) is 15.9 Å². The number of aromatic carboxylic acids is 1. The second-order valence-corrected chi connectivity index (χ2v) is 5.01. The van der Waals surface area contributed by atoms with Crippen molar-refractivity contribution in [3.63, 3.8) is 0 Å². The second-order valence-electron chi connectivity index (χ2n) is 5.01. The zero-order chi connectivity index (χ0) is 14.1. The SMILES string of the molecule is C#CCN(CC1CC1)c1nc2ccc(C(=O)O)cc2o1. The number of hydrogen-bond donors (Lipinski definition) is 1. The first-order valence-corrected chi connectivity index (χ1v) is 6.49. The average Bonchev–Trinajstić information content (AvgIpc) is 3.14. The molecular weight excluding hydrogens is 256 g/mol. The van der Waals surface area contributed by atoms with Crippen LogP contribution in [-0.4, -0.2) is 29.1 Å². The molecule has 5 heteroatoms. The number of anilines is 1. The van der Waals surface area contributed by atoms with Crippen molar-refractivity contribution >= 4 is 23.1 Å². The zero-order valence-electron chi connectivity index (χ0n) is 10.9. The Balaban J connectivity index is 1.93. The summed E-state index contributed by atoms with van der Waals surface area (Å²) in [6.45, 7) is 1.28. The lowest BCUT2D eigenvalue weighted by Gasteiger charge is -2.16. The number of carbonyl (C=O) groups is 1. The van der Waals surface area contributed by atoms with E-state index in [-0.39, 0.29) is 5.56 Å². The first-order chi connectivity index (χ1) is 9.67. The quantitative estimate of drug-likeness (QED) is 0.845. The monoisotopic (exact) mass is 270 g/mol. The van der Waals surface area contributed by atoms with Gasteiger partial charge in [-0.15, -0.1) is 6.42 Å².